The predicted octanol–water partition coefficient (Wildman–Crippen LogP) is 4.64. The zero-order valence-electron chi connectivity index (χ0n) is 9.23. The maximum atomic E-state index is 2.42. The van der Waals surface area contributed by atoms with Crippen LogP contribution in [0.4, 0.5) is 0 Å². The summed E-state index contributed by atoms with van der Waals surface area (Å²) < 4.78 is 0. The molecule has 0 radical (unpaired) electrons. The number of rotatable bonds is 7. The van der Waals surface area contributed by atoms with Crippen LogP contribution in [0.2, 0.25) is 0 Å². The average Bonchev–Trinajstić information content (AvgIpc) is 2.15. The standard InChI is InChI=1S/C10H22.CH5P/c1-3-5-7-9-10-8-6-4-2;1-2/h3-10H2,1-2H3;2H2,1H3. The van der Waals surface area contributed by atoms with Crippen molar-refractivity contribution in [2.24, 2.45) is 0 Å². The first kappa shape index (κ1) is 14.9. The second-order valence-corrected chi connectivity index (χ2v) is 3.12. The molecule has 0 aromatic rings. The number of hydrogen-bond donors (Lipinski definition) is 0. The van der Waals surface area contributed by atoms with Crippen molar-refractivity contribution in [1.82, 2.24) is 0 Å². The first-order chi connectivity index (χ1) is 5.91. The first-order valence-electron chi connectivity index (χ1n) is 5.49. The van der Waals surface area contributed by atoms with E-state index in [2.05, 4.69) is 23.1 Å². The normalized spacial score (nSPS) is 9.00. The van der Waals surface area contributed by atoms with E-state index in [1.807, 2.05) is 6.66 Å². The summed E-state index contributed by atoms with van der Waals surface area (Å²) in [4.78, 5) is 0. The molecule has 76 valence electrons. The SMILES string of the molecule is CCCCCCCCCC.CP. The molecule has 0 spiro atoms. The third-order valence-corrected chi connectivity index (χ3v) is 1.96. The van der Waals surface area contributed by atoms with Crippen molar-refractivity contribution in [3.05, 3.63) is 0 Å². The van der Waals surface area contributed by atoms with Gasteiger partial charge < -0.3 is 0 Å². The summed E-state index contributed by atoms with van der Waals surface area (Å²) in [5.74, 6) is 0. The Bertz CT molecular complexity index is 45.0. The van der Waals surface area contributed by atoms with Crippen molar-refractivity contribution in [3.63, 3.8) is 0 Å². The molecule has 0 saturated heterocycles. The minimum absolute atomic E-state index is 1.37. The molecule has 0 nitrogen and oxygen atoms in total. The lowest BCUT2D eigenvalue weighted by Crippen LogP contribution is -1.77. The summed E-state index contributed by atoms with van der Waals surface area (Å²) >= 11 is 0. The molecule has 0 aliphatic heterocycles. The molecule has 1 unspecified atom stereocenters. The van der Waals surface area contributed by atoms with E-state index in [1.165, 1.54) is 51.4 Å². The van der Waals surface area contributed by atoms with Gasteiger partial charge in [-0.15, -0.1) is 9.24 Å². The molecule has 1 atom stereocenters. The Labute approximate surface area is 81.7 Å². The monoisotopic (exact) mass is 190 g/mol. The highest BCUT2D eigenvalue weighted by Gasteiger charge is 1.87. The highest BCUT2D eigenvalue weighted by molar-refractivity contribution is 7.15. The van der Waals surface area contributed by atoms with E-state index in [4.69, 9.17) is 0 Å². The fourth-order valence-electron chi connectivity index (χ4n) is 1.21. The Morgan fingerprint density at radius 1 is 0.583 bits per heavy atom. The molecule has 0 rings (SSSR count). The second-order valence-electron chi connectivity index (χ2n) is 3.12. The van der Waals surface area contributed by atoms with Gasteiger partial charge in [-0.3, -0.25) is 0 Å². The van der Waals surface area contributed by atoms with E-state index in [-0.39, 0.29) is 0 Å². The summed E-state index contributed by atoms with van der Waals surface area (Å²) in [6, 6.07) is 0. The molecule has 0 heterocycles. The molecule has 0 bridgehead atoms. The summed E-state index contributed by atoms with van der Waals surface area (Å²) in [5, 5.41) is 0. The summed E-state index contributed by atoms with van der Waals surface area (Å²) in [7, 11) is 2.42. The lowest BCUT2D eigenvalue weighted by atomic mass is 10.1. The van der Waals surface area contributed by atoms with Gasteiger partial charge in [-0.1, -0.05) is 71.9 Å². The van der Waals surface area contributed by atoms with Crippen molar-refractivity contribution < 1.29 is 0 Å². The molecule has 1 heteroatoms. The van der Waals surface area contributed by atoms with E-state index < -0.39 is 0 Å². The quantitative estimate of drug-likeness (QED) is 0.405. The molecule has 0 saturated carbocycles. The molecular formula is C11H27P. The summed E-state index contributed by atoms with van der Waals surface area (Å²) in [5.41, 5.74) is 0. The lowest BCUT2D eigenvalue weighted by Gasteiger charge is -1.97. The molecule has 0 aliphatic rings. The van der Waals surface area contributed by atoms with Crippen molar-refractivity contribution >= 4 is 9.24 Å². The van der Waals surface area contributed by atoms with Crippen LogP contribution in [0.25, 0.3) is 0 Å². The summed E-state index contributed by atoms with van der Waals surface area (Å²) in [6.07, 6.45) is 11.5. The van der Waals surface area contributed by atoms with Gasteiger partial charge in [0.25, 0.3) is 0 Å². The van der Waals surface area contributed by atoms with Gasteiger partial charge in [-0.05, 0) is 0 Å². The Balaban J connectivity index is 0. The van der Waals surface area contributed by atoms with Gasteiger partial charge in [-0.2, -0.15) is 0 Å². The first-order valence-corrected chi connectivity index (χ1v) is 6.65. The van der Waals surface area contributed by atoms with Crippen LogP contribution >= 0.6 is 9.24 Å². The highest BCUT2D eigenvalue weighted by Crippen LogP contribution is 2.07. The van der Waals surface area contributed by atoms with E-state index in [0.29, 0.717) is 0 Å². The van der Waals surface area contributed by atoms with Gasteiger partial charge >= 0.3 is 0 Å². The largest absolute Gasteiger partial charge is 0.141 e. The fraction of sp³-hybridized carbons (Fsp3) is 1.00. The Kier molecular flexibility index (Phi) is 21.8. The molecule has 12 heavy (non-hydrogen) atoms. The minimum Gasteiger partial charge on any atom is -0.141 e. The Morgan fingerprint density at radius 2 is 0.833 bits per heavy atom. The van der Waals surface area contributed by atoms with Crippen molar-refractivity contribution in [1.29, 1.82) is 0 Å². The van der Waals surface area contributed by atoms with Crippen LogP contribution in [-0.4, -0.2) is 6.66 Å². The average molecular weight is 190 g/mol. The maximum Gasteiger partial charge on any atom is -0.0500 e. The van der Waals surface area contributed by atoms with E-state index in [1.54, 1.807) is 0 Å². The van der Waals surface area contributed by atoms with Crippen LogP contribution in [-0.2, 0) is 0 Å². The fourth-order valence-corrected chi connectivity index (χ4v) is 1.21. The zero-order chi connectivity index (χ0) is 9.66. The van der Waals surface area contributed by atoms with Crippen molar-refractivity contribution in [3.8, 4) is 0 Å². The van der Waals surface area contributed by atoms with Crippen LogP contribution in [0.5, 0.6) is 0 Å². The molecule has 0 N–H and O–H groups in total. The molecule has 0 fully saturated rings. The van der Waals surface area contributed by atoms with Crippen LogP contribution in [0.15, 0.2) is 0 Å². The highest BCUT2D eigenvalue weighted by atomic mass is 31.0. The molecule has 0 amide bonds. The summed E-state index contributed by atoms with van der Waals surface area (Å²) in [6.45, 7) is 6.46. The Hall–Kier alpha value is 0.430. The number of unbranched alkanes of at least 4 members (excludes halogenated alkanes) is 7. The molecule has 0 aliphatic carbocycles. The van der Waals surface area contributed by atoms with Crippen molar-refractivity contribution in [2.75, 3.05) is 6.66 Å². The predicted molar refractivity (Wildman–Crippen MR) is 63.9 cm³/mol. The van der Waals surface area contributed by atoms with Crippen LogP contribution in [0.1, 0.15) is 65.2 Å². The molecule has 0 aromatic carbocycles. The van der Waals surface area contributed by atoms with Crippen LogP contribution in [0, 0.1) is 0 Å². The lowest BCUT2D eigenvalue weighted by molar-refractivity contribution is 0.585. The minimum atomic E-state index is 1.37. The third kappa shape index (κ3) is 16.8. The van der Waals surface area contributed by atoms with E-state index >= 15 is 0 Å². The maximum absolute atomic E-state index is 2.42. The zero-order valence-corrected chi connectivity index (χ0v) is 10.4. The van der Waals surface area contributed by atoms with Gasteiger partial charge in [0, 0.05) is 0 Å². The Morgan fingerprint density at radius 3 is 1.08 bits per heavy atom. The molecular weight excluding hydrogens is 163 g/mol. The smallest absolute Gasteiger partial charge is 0.0500 e. The van der Waals surface area contributed by atoms with Crippen LogP contribution < -0.4 is 0 Å². The van der Waals surface area contributed by atoms with Gasteiger partial charge in [0.05, 0.1) is 0 Å². The van der Waals surface area contributed by atoms with Crippen molar-refractivity contribution in [2.45, 2.75) is 65.2 Å². The van der Waals surface area contributed by atoms with Gasteiger partial charge in [0.1, 0.15) is 0 Å². The van der Waals surface area contributed by atoms with Gasteiger partial charge in [0.2, 0.25) is 0 Å². The van der Waals surface area contributed by atoms with Crippen LogP contribution in [0.3, 0.4) is 0 Å². The van der Waals surface area contributed by atoms with E-state index in [0.717, 1.165) is 0 Å². The number of hydrogen-bond acceptors (Lipinski definition) is 0. The third-order valence-electron chi connectivity index (χ3n) is 1.96. The van der Waals surface area contributed by atoms with Gasteiger partial charge in [0.15, 0.2) is 0 Å². The topological polar surface area (TPSA) is 0 Å². The van der Waals surface area contributed by atoms with Gasteiger partial charge in [-0.25, -0.2) is 0 Å². The van der Waals surface area contributed by atoms with E-state index in [9.17, 15) is 0 Å². The molecule has 0 aromatic heterocycles. The second kappa shape index (κ2) is 17.5.